The van der Waals surface area contributed by atoms with Crippen LogP contribution in [0.5, 0.6) is 0 Å². The molecule has 1 atom stereocenters. The molecule has 1 nitrogen and oxygen atoms in total. The minimum atomic E-state index is -0.293. The average Bonchev–Trinajstić information content (AvgIpc) is 2.09. The molecule has 0 heterocycles. The second kappa shape index (κ2) is 4.53. The van der Waals surface area contributed by atoms with Crippen LogP contribution in [0, 0.1) is 12.3 Å². The van der Waals surface area contributed by atoms with Crippen molar-refractivity contribution < 1.29 is 0 Å². The SMILES string of the molecule is C#CC(N)Cc1ccc(Cl)cc1Cl. The third-order valence-electron chi connectivity index (χ3n) is 1.67. The monoisotopic (exact) mass is 213 g/mol. The zero-order chi connectivity index (χ0) is 9.84. The van der Waals surface area contributed by atoms with Gasteiger partial charge in [0.1, 0.15) is 0 Å². The highest BCUT2D eigenvalue weighted by Gasteiger charge is 2.04. The second-order valence-electron chi connectivity index (χ2n) is 2.71. The summed E-state index contributed by atoms with van der Waals surface area (Å²) >= 11 is 11.7. The molecule has 0 aromatic heterocycles. The molecule has 0 radical (unpaired) electrons. The summed E-state index contributed by atoms with van der Waals surface area (Å²) < 4.78 is 0. The summed E-state index contributed by atoms with van der Waals surface area (Å²) in [6.07, 6.45) is 5.73. The highest BCUT2D eigenvalue weighted by molar-refractivity contribution is 6.35. The van der Waals surface area contributed by atoms with E-state index >= 15 is 0 Å². The average molecular weight is 214 g/mol. The maximum Gasteiger partial charge on any atom is 0.0703 e. The minimum absolute atomic E-state index is 0.293. The molecule has 0 saturated carbocycles. The zero-order valence-corrected chi connectivity index (χ0v) is 8.44. The summed E-state index contributed by atoms with van der Waals surface area (Å²) in [5.74, 6) is 2.44. The lowest BCUT2D eigenvalue weighted by atomic mass is 10.1. The Balaban J connectivity index is 2.85. The Morgan fingerprint density at radius 1 is 1.46 bits per heavy atom. The van der Waals surface area contributed by atoms with Gasteiger partial charge in [0.25, 0.3) is 0 Å². The topological polar surface area (TPSA) is 26.0 Å². The molecule has 1 unspecified atom stereocenters. The molecule has 3 heteroatoms. The molecule has 1 aromatic rings. The van der Waals surface area contributed by atoms with E-state index in [9.17, 15) is 0 Å². The van der Waals surface area contributed by atoms with Crippen LogP contribution in [0.15, 0.2) is 18.2 Å². The van der Waals surface area contributed by atoms with Gasteiger partial charge in [-0.2, -0.15) is 0 Å². The molecule has 13 heavy (non-hydrogen) atoms. The van der Waals surface area contributed by atoms with Crippen molar-refractivity contribution in [2.75, 3.05) is 0 Å². The Morgan fingerprint density at radius 3 is 2.69 bits per heavy atom. The highest BCUT2D eigenvalue weighted by Crippen LogP contribution is 2.21. The van der Waals surface area contributed by atoms with Crippen molar-refractivity contribution in [1.29, 1.82) is 0 Å². The summed E-state index contributed by atoms with van der Waals surface area (Å²) in [6.45, 7) is 0. The fourth-order valence-electron chi connectivity index (χ4n) is 0.983. The smallest absolute Gasteiger partial charge is 0.0703 e. The van der Waals surface area contributed by atoms with Crippen LogP contribution < -0.4 is 5.73 Å². The quantitative estimate of drug-likeness (QED) is 0.752. The van der Waals surface area contributed by atoms with Crippen molar-refractivity contribution in [1.82, 2.24) is 0 Å². The van der Waals surface area contributed by atoms with Gasteiger partial charge in [-0.05, 0) is 17.7 Å². The second-order valence-corrected chi connectivity index (χ2v) is 3.56. The molecular formula is C10H9Cl2N. The van der Waals surface area contributed by atoms with Gasteiger partial charge in [-0.3, -0.25) is 0 Å². The Bertz CT molecular complexity index is 341. The van der Waals surface area contributed by atoms with E-state index in [0.29, 0.717) is 16.5 Å². The lowest BCUT2D eigenvalue weighted by molar-refractivity contribution is 0.836. The summed E-state index contributed by atoms with van der Waals surface area (Å²) in [5.41, 5.74) is 6.51. The van der Waals surface area contributed by atoms with Crippen LogP contribution in [0.1, 0.15) is 5.56 Å². The van der Waals surface area contributed by atoms with Gasteiger partial charge in [-0.25, -0.2) is 0 Å². The molecule has 0 aliphatic heterocycles. The minimum Gasteiger partial charge on any atom is -0.317 e. The fourth-order valence-corrected chi connectivity index (χ4v) is 1.47. The van der Waals surface area contributed by atoms with E-state index in [-0.39, 0.29) is 6.04 Å². The molecule has 2 N–H and O–H groups in total. The van der Waals surface area contributed by atoms with E-state index in [1.165, 1.54) is 0 Å². The Hall–Kier alpha value is -0.680. The van der Waals surface area contributed by atoms with Gasteiger partial charge in [-0.1, -0.05) is 35.2 Å². The highest BCUT2D eigenvalue weighted by atomic mass is 35.5. The van der Waals surface area contributed by atoms with Crippen LogP contribution >= 0.6 is 23.2 Å². The predicted octanol–water partition coefficient (Wildman–Crippen LogP) is 2.50. The van der Waals surface area contributed by atoms with Crippen molar-refractivity contribution in [2.45, 2.75) is 12.5 Å². The molecule has 0 fully saturated rings. The van der Waals surface area contributed by atoms with Crippen LogP contribution in [0.4, 0.5) is 0 Å². The first-order valence-corrected chi connectivity index (χ1v) is 4.54. The number of hydrogen-bond acceptors (Lipinski definition) is 1. The van der Waals surface area contributed by atoms with Crippen LogP contribution in [-0.4, -0.2) is 6.04 Å². The molecule has 0 aliphatic rings. The standard InChI is InChI=1S/C10H9Cl2N/c1-2-9(13)5-7-3-4-8(11)6-10(7)12/h1,3-4,6,9H,5,13H2. The maximum atomic E-state index is 5.92. The Morgan fingerprint density at radius 2 is 2.15 bits per heavy atom. The van der Waals surface area contributed by atoms with Crippen molar-refractivity contribution in [3.63, 3.8) is 0 Å². The van der Waals surface area contributed by atoms with Gasteiger partial charge in [0.15, 0.2) is 0 Å². The summed E-state index contributed by atoms with van der Waals surface area (Å²) in [5, 5.41) is 1.22. The van der Waals surface area contributed by atoms with Crippen LogP contribution in [0.2, 0.25) is 10.0 Å². The normalized spacial score (nSPS) is 12.2. The number of nitrogens with two attached hydrogens (primary N) is 1. The third-order valence-corrected chi connectivity index (χ3v) is 2.26. The van der Waals surface area contributed by atoms with E-state index in [1.54, 1.807) is 12.1 Å². The zero-order valence-electron chi connectivity index (χ0n) is 6.93. The van der Waals surface area contributed by atoms with Gasteiger partial charge in [0, 0.05) is 16.5 Å². The first-order valence-electron chi connectivity index (χ1n) is 3.79. The Kier molecular flexibility index (Phi) is 3.62. The molecular weight excluding hydrogens is 205 g/mol. The molecule has 0 saturated heterocycles. The van der Waals surface area contributed by atoms with Crippen molar-refractivity contribution in [3.05, 3.63) is 33.8 Å². The lowest BCUT2D eigenvalue weighted by Crippen LogP contribution is -2.20. The molecule has 0 aliphatic carbocycles. The number of benzene rings is 1. The van der Waals surface area contributed by atoms with Gasteiger partial charge in [0.2, 0.25) is 0 Å². The molecule has 0 spiro atoms. The molecule has 68 valence electrons. The fraction of sp³-hybridized carbons (Fsp3) is 0.200. The van der Waals surface area contributed by atoms with Crippen molar-refractivity contribution in [3.8, 4) is 12.3 Å². The molecule has 0 amide bonds. The summed E-state index contributed by atoms with van der Waals surface area (Å²) in [4.78, 5) is 0. The van der Waals surface area contributed by atoms with Crippen molar-refractivity contribution >= 4 is 23.2 Å². The maximum absolute atomic E-state index is 5.92. The van der Waals surface area contributed by atoms with Gasteiger partial charge < -0.3 is 5.73 Å². The predicted molar refractivity (Wildman–Crippen MR) is 57.0 cm³/mol. The van der Waals surface area contributed by atoms with Gasteiger partial charge >= 0.3 is 0 Å². The van der Waals surface area contributed by atoms with E-state index in [1.807, 2.05) is 6.07 Å². The largest absolute Gasteiger partial charge is 0.317 e. The van der Waals surface area contributed by atoms with Crippen molar-refractivity contribution in [2.24, 2.45) is 5.73 Å². The first kappa shape index (κ1) is 10.4. The third kappa shape index (κ3) is 2.93. The van der Waals surface area contributed by atoms with Gasteiger partial charge in [-0.15, -0.1) is 6.42 Å². The van der Waals surface area contributed by atoms with Crippen LogP contribution in [0.25, 0.3) is 0 Å². The van der Waals surface area contributed by atoms with E-state index in [2.05, 4.69) is 5.92 Å². The van der Waals surface area contributed by atoms with Gasteiger partial charge in [0.05, 0.1) is 6.04 Å². The van der Waals surface area contributed by atoms with E-state index < -0.39 is 0 Å². The number of terminal acetylenes is 1. The number of rotatable bonds is 2. The lowest BCUT2D eigenvalue weighted by Gasteiger charge is -2.06. The van der Waals surface area contributed by atoms with Crippen LogP contribution in [0.3, 0.4) is 0 Å². The Labute approximate surface area is 87.8 Å². The first-order chi connectivity index (χ1) is 6.13. The van der Waals surface area contributed by atoms with E-state index in [4.69, 9.17) is 35.4 Å². The number of halogens is 2. The molecule has 1 rings (SSSR count). The molecule has 0 bridgehead atoms. The summed E-state index contributed by atoms with van der Waals surface area (Å²) in [6, 6.07) is 4.99. The van der Waals surface area contributed by atoms with Crippen LogP contribution in [-0.2, 0) is 6.42 Å². The summed E-state index contributed by atoms with van der Waals surface area (Å²) in [7, 11) is 0. The molecule has 1 aromatic carbocycles. The van der Waals surface area contributed by atoms with E-state index in [0.717, 1.165) is 5.56 Å². The number of hydrogen-bond donors (Lipinski definition) is 1.